The quantitative estimate of drug-likeness (QED) is 0.598. The molecule has 1 aromatic carbocycles. The highest BCUT2D eigenvalue weighted by molar-refractivity contribution is 6.73. The molecule has 4 aliphatic rings. The normalized spacial score (nSPS) is 28.9. The minimum Gasteiger partial charge on any atom is -0.508 e. The Morgan fingerprint density at radius 2 is 1.87 bits per heavy atom. The maximum Gasteiger partial charge on any atom is 0.276 e. The molecule has 2 unspecified atom stereocenters. The summed E-state index contributed by atoms with van der Waals surface area (Å²) in [6, 6.07) is 4.48. The average molecular weight is 423 g/mol. The Kier molecular flexibility index (Phi) is 5.39. The first kappa shape index (κ1) is 20.7. The number of nitrogens with zero attached hydrogens (tertiary/aromatic N) is 2. The topological polar surface area (TPSA) is 87.9 Å². The lowest BCUT2D eigenvalue weighted by Gasteiger charge is -2.61. The summed E-state index contributed by atoms with van der Waals surface area (Å²) in [7, 11) is 0. The van der Waals surface area contributed by atoms with Gasteiger partial charge in [-0.25, -0.2) is 0 Å². The molecule has 3 saturated heterocycles. The van der Waals surface area contributed by atoms with E-state index in [1.165, 1.54) is 57.1 Å². The Morgan fingerprint density at radius 3 is 2.65 bits per heavy atom. The van der Waals surface area contributed by atoms with Crippen molar-refractivity contribution < 1.29 is 15.0 Å². The number of phenols is 2. The van der Waals surface area contributed by atoms with Gasteiger partial charge in [0.1, 0.15) is 11.5 Å². The molecule has 5 rings (SSSR count). The highest BCUT2D eigenvalue weighted by Crippen LogP contribution is 2.64. The first-order valence-corrected chi connectivity index (χ1v) is 12.2. The van der Waals surface area contributed by atoms with Gasteiger partial charge in [-0.3, -0.25) is 15.1 Å². The molecule has 1 amide bonds. The van der Waals surface area contributed by atoms with Crippen molar-refractivity contribution in [3.05, 3.63) is 23.8 Å². The molecule has 1 aromatic rings. The molecule has 1 saturated carbocycles. The first-order chi connectivity index (χ1) is 15.0. The van der Waals surface area contributed by atoms with Crippen LogP contribution in [0, 0.1) is 11.3 Å². The minimum absolute atomic E-state index is 0.000309. The molecule has 4 fully saturated rings. The summed E-state index contributed by atoms with van der Waals surface area (Å²) in [6.07, 6.45) is 13.0. The number of guanidine groups is 1. The zero-order chi connectivity index (χ0) is 21.6. The number of aromatic hydroxyl groups is 2. The summed E-state index contributed by atoms with van der Waals surface area (Å²) >= 11 is 0. The Bertz CT molecular complexity index is 872. The van der Waals surface area contributed by atoms with Crippen molar-refractivity contribution in [2.45, 2.75) is 88.3 Å². The van der Waals surface area contributed by atoms with Crippen molar-refractivity contribution in [1.29, 1.82) is 5.41 Å². The van der Waals surface area contributed by atoms with Gasteiger partial charge in [-0.2, -0.15) is 0 Å². The number of hydrogen-bond acceptors (Lipinski definition) is 4. The summed E-state index contributed by atoms with van der Waals surface area (Å²) in [5.41, 5.74) is 0.572. The number of hydrogen-bond donors (Lipinski definition) is 3. The lowest BCUT2D eigenvalue weighted by molar-refractivity contribution is -0.134. The van der Waals surface area contributed by atoms with Crippen molar-refractivity contribution in [1.82, 2.24) is 9.71 Å². The Hall–Kier alpha value is -2.18. The van der Waals surface area contributed by atoms with Crippen molar-refractivity contribution >= 4 is 18.7 Å². The first-order valence-electron chi connectivity index (χ1n) is 12.2. The minimum atomic E-state index is -0.371. The predicted molar refractivity (Wildman–Crippen MR) is 121 cm³/mol. The molecule has 3 aliphatic heterocycles. The van der Waals surface area contributed by atoms with E-state index >= 15 is 0 Å². The number of rotatable bonds is 5. The number of phenolic OH excluding ortho intramolecular Hbond substituents is 2. The largest absolute Gasteiger partial charge is 0.508 e. The average Bonchev–Trinajstić information content (AvgIpc) is 2.93. The van der Waals surface area contributed by atoms with Gasteiger partial charge in [0.05, 0.1) is 6.54 Å². The summed E-state index contributed by atoms with van der Waals surface area (Å²) in [4.78, 5) is 17.8. The zero-order valence-electron chi connectivity index (χ0n) is 18.4. The Balaban J connectivity index is 1.42. The van der Waals surface area contributed by atoms with Crippen LogP contribution in [0.1, 0.15) is 76.2 Å². The molecular weight excluding hydrogens is 389 g/mol. The van der Waals surface area contributed by atoms with Gasteiger partial charge < -0.3 is 15.0 Å². The van der Waals surface area contributed by atoms with Crippen LogP contribution in [0.15, 0.2) is 18.2 Å². The van der Waals surface area contributed by atoms with Crippen LogP contribution in [-0.2, 0) is 11.3 Å². The molecule has 0 aromatic heterocycles. The highest BCUT2D eigenvalue weighted by atomic mass is 16.3. The molecule has 7 heteroatoms. The van der Waals surface area contributed by atoms with Gasteiger partial charge in [0, 0.05) is 23.5 Å². The molecule has 6 nitrogen and oxygen atoms in total. The molecular formula is C24H34BN3O3. The van der Waals surface area contributed by atoms with Crippen molar-refractivity contribution in [2.24, 2.45) is 5.92 Å². The van der Waals surface area contributed by atoms with Crippen molar-refractivity contribution in [2.75, 3.05) is 6.54 Å². The van der Waals surface area contributed by atoms with Gasteiger partial charge in [-0.15, -0.1) is 0 Å². The van der Waals surface area contributed by atoms with E-state index in [4.69, 9.17) is 5.41 Å². The molecule has 3 heterocycles. The van der Waals surface area contributed by atoms with Gasteiger partial charge in [0.15, 0.2) is 5.96 Å². The van der Waals surface area contributed by atoms with E-state index in [2.05, 4.69) is 4.81 Å². The van der Waals surface area contributed by atoms with Gasteiger partial charge in [-0.1, -0.05) is 51.4 Å². The van der Waals surface area contributed by atoms with Crippen LogP contribution >= 0.6 is 0 Å². The summed E-state index contributed by atoms with van der Waals surface area (Å²) in [5, 5.41) is 28.4. The maximum atomic E-state index is 13.9. The van der Waals surface area contributed by atoms with E-state index in [1.807, 2.05) is 0 Å². The summed E-state index contributed by atoms with van der Waals surface area (Å²) in [5.74, 6) is 1.62. The molecule has 1 aliphatic carbocycles. The van der Waals surface area contributed by atoms with Gasteiger partial charge in [0.25, 0.3) is 6.85 Å². The number of amides is 1. The number of nitrogens with one attached hydrogen (secondary N) is 1. The van der Waals surface area contributed by atoms with E-state index in [1.54, 1.807) is 11.0 Å². The Labute approximate surface area is 185 Å². The monoisotopic (exact) mass is 423 g/mol. The third-order valence-electron chi connectivity index (χ3n) is 8.52. The molecule has 0 radical (unpaired) electrons. The van der Waals surface area contributed by atoms with E-state index in [-0.39, 0.29) is 36.1 Å². The third-order valence-corrected chi connectivity index (χ3v) is 8.52. The van der Waals surface area contributed by atoms with Crippen LogP contribution in [0.2, 0.25) is 11.1 Å². The van der Waals surface area contributed by atoms with E-state index < -0.39 is 0 Å². The maximum absolute atomic E-state index is 13.9. The van der Waals surface area contributed by atoms with Crippen LogP contribution < -0.4 is 0 Å². The third kappa shape index (κ3) is 3.50. The van der Waals surface area contributed by atoms with Crippen molar-refractivity contribution in [3.63, 3.8) is 0 Å². The zero-order valence-corrected chi connectivity index (χ0v) is 18.4. The number of benzene rings is 1. The molecule has 166 valence electrons. The molecule has 2 atom stereocenters. The van der Waals surface area contributed by atoms with Crippen LogP contribution in [-0.4, -0.2) is 45.2 Å². The van der Waals surface area contributed by atoms with Crippen LogP contribution in [0.3, 0.4) is 0 Å². The molecule has 3 N–H and O–H groups in total. The second-order valence-electron chi connectivity index (χ2n) is 10.3. The summed E-state index contributed by atoms with van der Waals surface area (Å²) < 4.78 is 0. The molecule has 0 spiro atoms. The van der Waals surface area contributed by atoms with E-state index in [0.29, 0.717) is 17.3 Å². The second kappa shape index (κ2) is 8.07. The fourth-order valence-corrected chi connectivity index (χ4v) is 6.90. The van der Waals surface area contributed by atoms with Crippen LogP contribution in [0.4, 0.5) is 0 Å². The van der Waals surface area contributed by atoms with Gasteiger partial charge >= 0.3 is 0 Å². The van der Waals surface area contributed by atoms with E-state index in [0.717, 1.165) is 38.1 Å². The van der Waals surface area contributed by atoms with Crippen LogP contribution in [0.25, 0.3) is 0 Å². The van der Waals surface area contributed by atoms with Crippen LogP contribution in [0.5, 0.6) is 11.5 Å². The SMILES string of the molecule is N=C1N2CCCCC3CC(CCC4CCCCC4)(B32)C(=O)N1Cc1ccc(O)cc1O. The number of carbonyl (C=O) groups is 1. The fourth-order valence-electron chi connectivity index (χ4n) is 6.90. The molecule has 31 heavy (non-hydrogen) atoms. The summed E-state index contributed by atoms with van der Waals surface area (Å²) in [6.45, 7) is 1.21. The predicted octanol–water partition coefficient (Wildman–Crippen LogP) is 4.73. The fraction of sp³-hybridized carbons (Fsp3) is 0.667. The van der Waals surface area contributed by atoms with Crippen molar-refractivity contribution in [3.8, 4) is 11.5 Å². The standard InChI is InChI=1S/C24H34BN3O3/c26-23-27(16-18-9-10-20(29)14-21(18)30)22(31)24(12-11-17-6-2-1-3-7-17)15-19-8-4-5-13-28(23)25(19)24/h9-10,14,17,19,26,29-30H,1-8,11-13,15-16H2. The highest BCUT2D eigenvalue weighted by Gasteiger charge is 2.68. The molecule has 0 bridgehead atoms. The number of carbonyl (C=O) groups excluding carboxylic acids is 1. The van der Waals surface area contributed by atoms with Gasteiger partial charge in [0.2, 0.25) is 5.91 Å². The smallest absolute Gasteiger partial charge is 0.276 e. The lowest BCUT2D eigenvalue weighted by Crippen LogP contribution is -2.72. The van der Waals surface area contributed by atoms with E-state index in [9.17, 15) is 15.0 Å². The van der Waals surface area contributed by atoms with Gasteiger partial charge in [-0.05, 0) is 43.1 Å². The lowest BCUT2D eigenvalue weighted by atomic mass is 9.20. The second-order valence-corrected chi connectivity index (χ2v) is 10.3. The Morgan fingerprint density at radius 1 is 1.10 bits per heavy atom.